The van der Waals surface area contributed by atoms with Gasteiger partial charge in [-0.3, -0.25) is 0 Å². The predicted octanol–water partition coefficient (Wildman–Crippen LogP) is 2.58. The summed E-state index contributed by atoms with van der Waals surface area (Å²) in [5.74, 6) is -0.204. The van der Waals surface area contributed by atoms with Crippen LogP contribution < -0.4 is 5.73 Å². The molecular formula is C11H14FN. The van der Waals surface area contributed by atoms with Crippen molar-refractivity contribution in [1.82, 2.24) is 0 Å². The highest BCUT2D eigenvalue weighted by atomic mass is 19.1. The Labute approximate surface area is 78.1 Å². The normalized spacial score (nSPS) is 13.5. The van der Waals surface area contributed by atoms with Crippen LogP contribution in [-0.2, 0) is 0 Å². The maximum Gasteiger partial charge on any atom is 0.123 e. The van der Waals surface area contributed by atoms with Crippen LogP contribution in [0.3, 0.4) is 0 Å². The van der Waals surface area contributed by atoms with Crippen molar-refractivity contribution in [2.75, 3.05) is 0 Å². The van der Waals surface area contributed by atoms with Gasteiger partial charge in [0.25, 0.3) is 0 Å². The minimum absolute atomic E-state index is 0.177. The lowest BCUT2D eigenvalue weighted by molar-refractivity contribution is 0.628. The second-order valence-corrected chi connectivity index (χ2v) is 3.17. The summed E-state index contributed by atoms with van der Waals surface area (Å²) in [5, 5.41) is 0. The second-order valence-electron chi connectivity index (χ2n) is 3.17. The Kier molecular flexibility index (Phi) is 3.65. The molecule has 0 radical (unpaired) electrons. The summed E-state index contributed by atoms with van der Waals surface area (Å²) >= 11 is 0. The van der Waals surface area contributed by atoms with Crippen LogP contribution in [0.4, 0.5) is 4.39 Å². The van der Waals surface area contributed by atoms with Gasteiger partial charge >= 0.3 is 0 Å². The zero-order valence-electron chi connectivity index (χ0n) is 7.70. The van der Waals surface area contributed by atoms with Gasteiger partial charge in [-0.15, -0.1) is 0 Å². The van der Waals surface area contributed by atoms with Crippen LogP contribution in [0.5, 0.6) is 0 Å². The van der Waals surface area contributed by atoms with Crippen molar-refractivity contribution >= 4 is 6.08 Å². The van der Waals surface area contributed by atoms with E-state index in [-0.39, 0.29) is 11.9 Å². The largest absolute Gasteiger partial charge is 0.328 e. The highest BCUT2D eigenvalue weighted by Gasteiger charge is 1.90. The van der Waals surface area contributed by atoms with E-state index >= 15 is 0 Å². The molecule has 0 aromatic heterocycles. The third-order valence-corrected chi connectivity index (χ3v) is 1.69. The molecule has 1 aromatic carbocycles. The quantitative estimate of drug-likeness (QED) is 0.758. The van der Waals surface area contributed by atoms with Gasteiger partial charge in [0.1, 0.15) is 5.82 Å². The third kappa shape index (κ3) is 3.85. The number of halogens is 1. The van der Waals surface area contributed by atoms with E-state index in [0.717, 1.165) is 12.0 Å². The van der Waals surface area contributed by atoms with E-state index in [1.165, 1.54) is 12.1 Å². The molecular weight excluding hydrogens is 165 g/mol. The lowest BCUT2D eigenvalue weighted by Crippen LogP contribution is -2.12. The lowest BCUT2D eigenvalue weighted by Gasteiger charge is -1.97. The van der Waals surface area contributed by atoms with E-state index in [0.29, 0.717) is 0 Å². The van der Waals surface area contributed by atoms with E-state index < -0.39 is 0 Å². The Morgan fingerprint density at radius 3 is 2.54 bits per heavy atom. The van der Waals surface area contributed by atoms with Crippen molar-refractivity contribution < 1.29 is 4.39 Å². The van der Waals surface area contributed by atoms with Crippen LogP contribution in [0.25, 0.3) is 6.08 Å². The SMILES string of the molecule is C[C@@H](N)C/C=C/c1ccc(F)cc1. The van der Waals surface area contributed by atoms with E-state index in [1.807, 2.05) is 19.1 Å². The summed E-state index contributed by atoms with van der Waals surface area (Å²) in [5.41, 5.74) is 6.57. The Bertz CT molecular complexity index is 275. The zero-order chi connectivity index (χ0) is 9.68. The molecule has 1 nitrogen and oxygen atoms in total. The van der Waals surface area contributed by atoms with E-state index in [4.69, 9.17) is 5.73 Å². The molecule has 0 amide bonds. The molecule has 0 unspecified atom stereocenters. The van der Waals surface area contributed by atoms with Crippen molar-refractivity contribution in [2.24, 2.45) is 5.73 Å². The minimum atomic E-state index is -0.204. The van der Waals surface area contributed by atoms with Gasteiger partial charge in [-0.2, -0.15) is 0 Å². The van der Waals surface area contributed by atoms with Gasteiger partial charge in [-0.05, 0) is 31.0 Å². The van der Waals surface area contributed by atoms with Gasteiger partial charge in [0.2, 0.25) is 0 Å². The first-order chi connectivity index (χ1) is 6.18. The molecule has 0 spiro atoms. The average molecular weight is 179 g/mol. The third-order valence-electron chi connectivity index (χ3n) is 1.69. The molecule has 0 aliphatic rings. The zero-order valence-corrected chi connectivity index (χ0v) is 7.70. The molecule has 13 heavy (non-hydrogen) atoms. The van der Waals surface area contributed by atoms with Gasteiger partial charge in [-0.1, -0.05) is 24.3 Å². The summed E-state index contributed by atoms with van der Waals surface area (Å²) in [7, 11) is 0. The van der Waals surface area contributed by atoms with Crippen LogP contribution in [0, 0.1) is 5.82 Å². The summed E-state index contributed by atoms with van der Waals surface area (Å²) in [4.78, 5) is 0. The number of benzene rings is 1. The fraction of sp³-hybridized carbons (Fsp3) is 0.273. The molecule has 2 N–H and O–H groups in total. The molecule has 0 aliphatic carbocycles. The Morgan fingerprint density at radius 1 is 1.38 bits per heavy atom. The molecule has 0 saturated heterocycles. The van der Waals surface area contributed by atoms with E-state index in [2.05, 4.69) is 0 Å². The van der Waals surface area contributed by atoms with Crippen LogP contribution in [0.2, 0.25) is 0 Å². The maximum atomic E-state index is 12.5. The van der Waals surface area contributed by atoms with Crippen molar-refractivity contribution in [1.29, 1.82) is 0 Å². The first kappa shape index (κ1) is 9.93. The molecule has 0 aliphatic heterocycles. The van der Waals surface area contributed by atoms with Crippen LogP contribution in [0.15, 0.2) is 30.3 Å². The van der Waals surface area contributed by atoms with Gasteiger partial charge in [0.05, 0.1) is 0 Å². The summed E-state index contributed by atoms with van der Waals surface area (Å²) in [6, 6.07) is 6.56. The summed E-state index contributed by atoms with van der Waals surface area (Å²) in [6.45, 7) is 1.95. The molecule has 0 fully saturated rings. The van der Waals surface area contributed by atoms with Crippen LogP contribution in [-0.4, -0.2) is 6.04 Å². The Morgan fingerprint density at radius 2 is 2.00 bits per heavy atom. The highest BCUT2D eigenvalue weighted by molar-refractivity contribution is 5.48. The number of nitrogens with two attached hydrogens (primary N) is 1. The topological polar surface area (TPSA) is 26.0 Å². The van der Waals surface area contributed by atoms with Gasteiger partial charge in [0, 0.05) is 6.04 Å². The monoisotopic (exact) mass is 179 g/mol. The molecule has 1 atom stereocenters. The Balaban J connectivity index is 2.54. The first-order valence-electron chi connectivity index (χ1n) is 4.36. The van der Waals surface area contributed by atoms with Crippen molar-refractivity contribution in [3.05, 3.63) is 41.7 Å². The molecule has 0 saturated carbocycles. The fourth-order valence-electron chi connectivity index (χ4n) is 0.993. The van der Waals surface area contributed by atoms with E-state index in [9.17, 15) is 4.39 Å². The highest BCUT2D eigenvalue weighted by Crippen LogP contribution is 2.05. The summed E-state index contributed by atoms with van der Waals surface area (Å²) < 4.78 is 12.5. The van der Waals surface area contributed by atoms with Crippen molar-refractivity contribution in [3.8, 4) is 0 Å². The van der Waals surface area contributed by atoms with Crippen LogP contribution in [0.1, 0.15) is 18.9 Å². The Hall–Kier alpha value is -1.15. The van der Waals surface area contributed by atoms with Crippen molar-refractivity contribution in [2.45, 2.75) is 19.4 Å². The van der Waals surface area contributed by atoms with Crippen LogP contribution >= 0.6 is 0 Å². The molecule has 1 aromatic rings. The minimum Gasteiger partial charge on any atom is -0.328 e. The van der Waals surface area contributed by atoms with Gasteiger partial charge in [0.15, 0.2) is 0 Å². The second kappa shape index (κ2) is 4.77. The van der Waals surface area contributed by atoms with Crippen molar-refractivity contribution in [3.63, 3.8) is 0 Å². The number of hydrogen-bond acceptors (Lipinski definition) is 1. The fourth-order valence-corrected chi connectivity index (χ4v) is 0.993. The molecule has 1 rings (SSSR count). The molecule has 70 valence electrons. The number of hydrogen-bond donors (Lipinski definition) is 1. The lowest BCUT2D eigenvalue weighted by atomic mass is 10.1. The molecule has 0 bridgehead atoms. The van der Waals surface area contributed by atoms with E-state index in [1.54, 1.807) is 12.1 Å². The molecule has 2 heteroatoms. The van der Waals surface area contributed by atoms with Gasteiger partial charge < -0.3 is 5.73 Å². The standard InChI is InChI=1S/C11H14FN/c1-9(13)3-2-4-10-5-7-11(12)8-6-10/h2,4-9H,3,13H2,1H3/b4-2+/t9-/m1/s1. The maximum absolute atomic E-state index is 12.5. The summed E-state index contributed by atoms with van der Waals surface area (Å²) in [6.07, 6.45) is 4.79. The predicted molar refractivity (Wildman–Crippen MR) is 53.7 cm³/mol. The number of rotatable bonds is 3. The first-order valence-corrected chi connectivity index (χ1v) is 4.36. The van der Waals surface area contributed by atoms with Gasteiger partial charge in [-0.25, -0.2) is 4.39 Å². The molecule has 0 heterocycles. The smallest absolute Gasteiger partial charge is 0.123 e. The average Bonchev–Trinajstić information content (AvgIpc) is 2.08.